The molecule has 0 saturated heterocycles. The summed E-state index contributed by atoms with van der Waals surface area (Å²) >= 11 is 6.31. The summed E-state index contributed by atoms with van der Waals surface area (Å²) in [5.41, 5.74) is 1.80. The first kappa shape index (κ1) is 15.2. The second-order valence-corrected chi connectivity index (χ2v) is 6.27. The van der Waals surface area contributed by atoms with Gasteiger partial charge in [-0.15, -0.1) is 11.6 Å². The smallest absolute Gasteiger partial charge is 0.251 e. The van der Waals surface area contributed by atoms with Crippen LogP contribution in [0.25, 0.3) is 0 Å². The molecule has 0 aromatic heterocycles. The predicted molar refractivity (Wildman–Crippen MR) is 84.7 cm³/mol. The van der Waals surface area contributed by atoms with E-state index in [2.05, 4.69) is 5.32 Å². The monoisotopic (exact) mass is 294 g/mol. The van der Waals surface area contributed by atoms with Crippen LogP contribution in [0.5, 0.6) is 0 Å². The van der Waals surface area contributed by atoms with Crippen LogP contribution >= 0.6 is 11.6 Å². The molecule has 110 valence electrons. The summed E-state index contributed by atoms with van der Waals surface area (Å²) in [7, 11) is 3.97. The number of carbonyl (C=O) groups excluding carboxylic acids is 1. The molecular formula is C16H23ClN2O. The topological polar surface area (TPSA) is 32.3 Å². The highest BCUT2D eigenvalue weighted by atomic mass is 35.5. The van der Waals surface area contributed by atoms with Crippen molar-refractivity contribution < 1.29 is 4.79 Å². The molecule has 1 saturated carbocycles. The Morgan fingerprint density at radius 1 is 1.25 bits per heavy atom. The van der Waals surface area contributed by atoms with Crippen molar-refractivity contribution >= 4 is 23.2 Å². The van der Waals surface area contributed by atoms with Gasteiger partial charge in [0, 0.05) is 37.3 Å². The van der Waals surface area contributed by atoms with E-state index in [1.807, 2.05) is 43.3 Å². The number of nitrogens with one attached hydrogen (secondary N) is 1. The minimum atomic E-state index is -0.00949. The number of amides is 1. The average Bonchev–Trinajstić information content (AvgIpc) is 2.46. The highest BCUT2D eigenvalue weighted by Crippen LogP contribution is 2.28. The van der Waals surface area contributed by atoms with Crippen LogP contribution < -0.4 is 10.2 Å². The van der Waals surface area contributed by atoms with Crippen molar-refractivity contribution in [3.05, 3.63) is 29.8 Å². The molecule has 1 fully saturated rings. The Kier molecular flexibility index (Phi) is 5.30. The Hall–Kier alpha value is -1.22. The highest BCUT2D eigenvalue weighted by molar-refractivity contribution is 6.20. The quantitative estimate of drug-likeness (QED) is 0.864. The van der Waals surface area contributed by atoms with E-state index in [0.717, 1.165) is 18.5 Å². The van der Waals surface area contributed by atoms with Gasteiger partial charge in [0.05, 0.1) is 0 Å². The van der Waals surface area contributed by atoms with Crippen molar-refractivity contribution in [2.24, 2.45) is 5.92 Å². The number of rotatable bonds is 4. The molecule has 0 radical (unpaired) electrons. The van der Waals surface area contributed by atoms with Crippen molar-refractivity contribution in [3.63, 3.8) is 0 Å². The van der Waals surface area contributed by atoms with E-state index < -0.39 is 0 Å². The van der Waals surface area contributed by atoms with Crippen LogP contribution in [0.4, 0.5) is 5.69 Å². The third-order valence-electron chi connectivity index (χ3n) is 3.99. The SMILES string of the molecule is CN(C)c1ccc(C(=O)NCC2CCCCC2Cl)cc1. The lowest BCUT2D eigenvalue weighted by atomic mass is 9.88. The van der Waals surface area contributed by atoms with Crippen LogP contribution in [0.1, 0.15) is 36.0 Å². The molecule has 2 rings (SSSR count). The first-order valence-electron chi connectivity index (χ1n) is 7.27. The van der Waals surface area contributed by atoms with Gasteiger partial charge in [-0.25, -0.2) is 0 Å². The molecule has 1 N–H and O–H groups in total. The minimum Gasteiger partial charge on any atom is -0.378 e. The maximum absolute atomic E-state index is 12.1. The van der Waals surface area contributed by atoms with E-state index in [1.165, 1.54) is 12.8 Å². The number of alkyl halides is 1. The standard InChI is InChI=1S/C16H23ClN2O/c1-19(2)14-9-7-12(8-10-14)16(20)18-11-13-5-3-4-6-15(13)17/h7-10,13,15H,3-6,11H2,1-2H3,(H,18,20). The van der Waals surface area contributed by atoms with E-state index in [0.29, 0.717) is 18.0 Å². The first-order chi connectivity index (χ1) is 9.58. The summed E-state index contributed by atoms with van der Waals surface area (Å²) < 4.78 is 0. The molecule has 1 aromatic rings. The van der Waals surface area contributed by atoms with E-state index in [-0.39, 0.29) is 11.3 Å². The molecule has 0 spiro atoms. The fraction of sp³-hybridized carbons (Fsp3) is 0.562. The summed E-state index contributed by atoms with van der Waals surface area (Å²) in [5, 5.41) is 3.22. The molecule has 1 aliphatic rings. The minimum absolute atomic E-state index is 0.00949. The Bertz CT molecular complexity index is 444. The van der Waals surface area contributed by atoms with Gasteiger partial charge in [-0.2, -0.15) is 0 Å². The van der Waals surface area contributed by atoms with Gasteiger partial charge < -0.3 is 10.2 Å². The van der Waals surface area contributed by atoms with Crippen LogP contribution in [0.2, 0.25) is 0 Å². The molecule has 0 heterocycles. The fourth-order valence-corrected chi connectivity index (χ4v) is 3.00. The second kappa shape index (κ2) is 6.98. The molecule has 1 amide bonds. The van der Waals surface area contributed by atoms with Crippen molar-refractivity contribution in [1.29, 1.82) is 0 Å². The lowest BCUT2D eigenvalue weighted by molar-refractivity contribution is 0.0944. The van der Waals surface area contributed by atoms with Crippen LogP contribution in [-0.4, -0.2) is 31.9 Å². The lowest BCUT2D eigenvalue weighted by Gasteiger charge is -2.27. The van der Waals surface area contributed by atoms with Gasteiger partial charge in [-0.05, 0) is 43.0 Å². The van der Waals surface area contributed by atoms with Gasteiger partial charge >= 0.3 is 0 Å². The molecule has 20 heavy (non-hydrogen) atoms. The number of hydrogen-bond acceptors (Lipinski definition) is 2. The largest absolute Gasteiger partial charge is 0.378 e. The molecule has 2 atom stereocenters. The van der Waals surface area contributed by atoms with Crippen LogP contribution in [0, 0.1) is 5.92 Å². The number of hydrogen-bond donors (Lipinski definition) is 1. The number of benzene rings is 1. The summed E-state index contributed by atoms with van der Waals surface area (Å²) in [6, 6.07) is 7.65. The summed E-state index contributed by atoms with van der Waals surface area (Å²) in [4.78, 5) is 14.1. The van der Waals surface area contributed by atoms with Crippen LogP contribution in [0.3, 0.4) is 0 Å². The van der Waals surface area contributed by atoms with Crippen molar-refractivity contribution in [2.45, 2.75) is 31.1 Å². The van der Waals surface area contributed by atoms with E-state index >= 15 is 0 Å². The molecule has 0 aliphatic heterocycles. The predicted octanol–water partition coefficient (Wildman–Crippen LogP) is 3.28. The Morgan fingerprint density at radius 2 is 1.90 bits per heavy atom. The van der Waals surface area contributed by atoms with Crippen molar-refractivity contribution in [3.8, 4) is 0 Å². The van der Waals surface area contributed by atoms with Gasteiger partial charge in [0.25, 0.3) is 5.91 Å². The first-order valence-corrected chi connectivity index (χ1v) is 7.71. The fourth-order valence-electron chi connectivity index (χ4n) is 2.63. The van der Waals surface area contributed by atoms with Crippen molar-refractivity contribution in [1.82, 2.24) is 5.32 Å². The van der Waals surface area contributed by atoms with Gasteiger partial charge in [-0.3, -0.25) is 4.79 Å². The van der Waals surface area contributed by atoms with Gasteiger partial charge in [0.1, 0.15) is 0 Å². The number of nitrogens with zero attached hydrogens (tertiary/aromatic N) is 1. The zero-order chi connectivity index (χ0) is 14.5. The summed E-state index contributed by atoms with van der Waals surface area (Å²) in [5.74, 6) is 0.403. The number of anilines is 1. The zero-order valence-corrected chi connectivity index (χ0v) is 13.0. The molecule has 2 unspecified atom stereocenters. The van der Waals surface area contributed by atoms with E-state index in [4.69, 9.17) is 11.6 Å². The lowest BCUT2D eigenvalue weighted by Crippen LogP contribution is -2.34. The highest BCUT2D eigenvalue weighted by Gasteiger charge is 2.23. The third-order valence-corrected chi connectivity index (χ3v) is 4.56. The second-order valence-electron chi connectivity index (χ2n) is 5.71. The molecule has 4 heteroatoms. The average molecular weight is 295 g/mol. The molecule has 0 bridgehead atoms. The van der Waals surface area contributed by atoms with Gasteiger partial charge in [-0.1, -0.05) is 12.8 Å². The van der Waals surface area contributed by atoms with Crippen LogP contribution in [-0.2, 0) is 0 Å². The molecule has 3 nitrogen and oxygen atoms in total. The van der Waals surface area contributed by atoms with Crippen molar-refractivity contribution in [2.75, 3.05) is 25.5 Å². The molecule has 1 aromatic carbocycles. The Balaban J connectivity index is 1.88. The maximum Gasteiger partial charge on any atom is 0.251 e. The third kappa shape index (κ3) is 3.89. The number of carbonyl (C=O) groups is 1. The number of halogens is 1. The summed E-state index contributed by atoms with van der Waals surface area (Å²) in [6.07, 6.45) is 4.62. The van der Waals surface area contributed by atoms with E-state index in [1.54, 1.807) is 0 Å². The maximum atomic E-state index is 12.1. The Labute approximate surface area is 126 Å². The zero-order valence-electron chi connectivity index (χ0n) is 12.2. The molecule has 1 aliphatic carbocycles. The van der Waals surface area contributed by atoms with E-state index in [9.17, 15) is 4.79 Å². The Morgan fingerprint density at radius 3 is 2.50 bits per heavy atom. The summed E-state index contributed by atoms with van der Waals surface area (Å²) in [6.45, 7) is 0.683. The van der Waals surface area contributed by atoms with Gasteiger partial charge in [0.2, 0.25) is 0 Å². The van der Waals surface area contributed by atoms with Gasteiger partial charge in [0.15, 0.2) is 0 Å². The molecular weight excluding hydrogens is 272 g/mol. The normalized spacial score (nSPS) is 22.4. The van der Waals surface area contributed by atoms with Crippen LogP contribution in [0.15, 0.2) is 24.3 Å².